The SMILES string of the molecule is CSc1ccc(CN(C)C(=O)Cc2ccccc2C)cc1. The highest BCUT2D eigenvalue weighted by Crippen LogP contribution is 2.16. The summed E-state index contributed by atoms with van der Waals surface area (Å²) in [7, 11) is 1.86. The Hall–Kier alpha value is -1.74. The minimum atomic E-state index is 0.151. The molecule has 1 amide bonds. The largest absolute Gasteiger partial charge is 0.341 e. The van der Waals surface area contributed by atoms with Gasteiger partial charge in [-0.25, -0.2) is 0 Å². The number of carbonyl (C=O) groups excluding carboxylic acids is 1. The fourth-order valence-electron chi connectivity index (χ4n) is 2.20. The summed E-state index contributed by atoms with van der Waals surface area (Å²) in [6.07, 6.45) is 2.53. The molecule has 0 bridgehead atoms. The van der Waals surface area contributed by atoms with Gasteiger partial charge in [-0.3, -0.25) is 4.79 Å². The number of hydrogen-bond donors (Lipinski definition) is 0. The molecule has 2 rings (SSSR count). The maximum absolute atomic E-state index is 12.3. The second kappa shape index (κ2) is 7.32. The Morgan fingerprint density at radius 2 is 1.76 bits per heavy atom. The van der Waals surface area contributed by atoms with Crippen LogP contribution in [0.15, 0.2) is 53.4 Å². The number of likely N-dealkylation sites (N-methyl/N-ethyl adjacent to an activating group) is 1. The molecule has 0 saturated heterocycles. The first kappa shape index (κ1) is 15.6. The molecule has 110 valence electrons. The van der Waals surface area contributed by atoms with Crippen molar-refractivity contribution in [1.29, 1.82) is 0 Å². The lowest BCUT2D eigenvalue weighted by molar-refractivity contribution is -0.129. The van der Waals surface area contributed by atoms with Gasteiger partial charge in [0.15, 0.2) is 0 Å². The van der Waals surface area contributed by atoms with E-state index in [1.807, 2.05) is 38.2 Å². The van der Waals surface area contributed by atoms with Gasteiger partial charge < -0.3 is 4.90 Å². The molecule has 0 aromatic heterocycles. The molecule has 2 aromatic rings. The van der Waals surface area contributed by atoms with E-state index in [1.54, 1.807) is 16.7 Å². The average molecular weight is 299 g/mol. The summed E-state index contributed by atoms with van der Waals surface area (Å²) in [6.45, 7) is 2.70. The van der Waals surface area contributed by atoms with Crippen molar-refractivity contribution in [3.8, 4) is 0 Å². The smallest absolute Gasteiger partial charge is 0.227 e. The number of aryl methyl sites for hydroxylation is 1. The van der Waals surface area contributed by atoms with Gasteiger partial charge in [0.1, 0.15) is 0 Å². The highest BCUT2D eigenvalue weighted by molar-refractivity contribution is 7.98. The number of benzene rings is 2. The van der Waals surface area contributed by atoms with Gasteiger partial charge >= 0.3 is 0 Å². The van der Waals surface area contributed by atoms with Gasteiger partial charge in [-0.15, -0.1) is 11.8 Å². The summed E-state index contributed by atoms with van der Waals surface area (Å²) < 4.78 is 0. The molecular formula is C18H21NOS. The van der Waals surface area contributed by atoms with Gasteiger partial charge in [-0.1, -0.05) is 36.4 Å². The van der Waals surface area contributed by atoms with Crippen LogP contribution in [-0.2, 0) is 17.8 Å². The molecule has 2 aromatic carbocycles. The lowest BCUT2D eigenvalue weighted by Crippen LogP contribution is -2.27. The Balaban J connectivity index is 1.97. The molecular weight excluding hydrogens is 278 g/mol. The molecule has 0 atom stereocenters. The number of amides is 1. The van der Waals surface area contributed by atoms with Crippen molar-refractivity contribution < 1.29 is 4.79 Å². The van der Waals surface area contributed by atoms with Gasteiger partial charge in [0.25, 0.3) is 0 Å². The molecule has 0 saturated carbocycles. The summed E-state index contributed by atoms with van der Waals surface area (Å²) in [5.74, 6) is 0.151. The van der Waals surface area contributed by atoms with E-state index in [-0.39, 0.29) is 5.91 Å². The molecule has 2 nitrogen and oxygen atoms in total. The first-order chi connectivity index (χ1) is 10.1. The molecule has 0 radical (unpaired) electrons. The quantitative estimate of drug-likeness (QED) is 0.780. The Morgan fingerprint density at radius 3 is 2.38 bits per heavy atom. The normalized spacial score (nSPS) is 10.4. The van der Waals surface area contributed by atoms with Gasteiger partial charge in [0.2, 0.25) is 5.91 Å². The van der Waals surface area contributed by atoms with Crippen LogP contribution in [0.25, 0.3) is 0 Å². The van der Waals surface area contributed by atoms with E-state index in [1.165, 1.54) is 10.5 Å². The minimum Gasteiger partial charge on any atom is -0.341 e. The monoisotopic (exact) mass is 299 g/mol. The van der Waals surface area contributed by atoms with Crippen LogP contribution in [0, 0.1) is 6.92 Å². The molecule has 0 fully saturated rings. The minimum absolute atomic E-state index is 0.151. The van der Waals surface area contributed by atoms with E-state index in [2.05, 4.69) is 30.5 Å². The predicted molar refractivity (Wildman–Crippen MR) is 89.6 cm³/mol. The van der Waals surface area contributed by atoms with E-state index < -0.39 is 0 Å². The first-order valence-electron chi connectivity index (χ1n) is 7.01. The third-order valence-corrected chi connectivity index (χ3v) is 4.35. The van der Waals surface area contributed by atoms with Crippen LogP contribution in [0.5, 0.6) is 0 Å². The molecule has 0 N–H and O–H groups in total. The first-order valence-corrected chi connectivity index (χ1v) is 8.24. The topological polar surface area (TPSA) is 20.3 Å². The summed E-state index contributed by atoms with van der Waals surface area (Å²) in [5.41, 5.74) is 3.43. The second-order valence-electron chi connectivity index (χ2n) is 5.20. The van der Waals surface area contributed by atoms with Crippen LogP contribution >= 0.6 is 11.8 Å². The highest BCUT2D eigenvalue weighted by Gasteiger charge is 2.11. The van der Waals surface area contributed by atoms with Gasteiger partial charge in [-0.05, 0) is 42.0 Å². The molecule has 0 aliphatic heterocycles. The Kier molecular flexibility index (Phi) is 5.45. The summed E-state index contributed by atoms with van der Waals surface area (Å²) >= 11 is 1.73. The van der Waals surface area contributed by atoms with Crippen molar-refractivity contribution in [2.24, 2.45) is 0 Å². The molecule has 0 unspecified atom stereocenters. The van der Waals surface area contributed by atoms with Gasteiger partial charge in [0.05, 0.1) is 6.42 Å². The van der Waals surface area contributed by atoms with Crippen LogP contribution in [0.2, 0.25) is 0 Å². The van der Waals surface area contributed by atoms with Gasteiger partial charge in [-0.2, -0.15) is 0 Å². The number of rotatable bonds is 5. The van der Waals surface area contributed by atoms with Crippen LogP contribution in [-0.4, -0.2) is 24.1 Å². The van der Waals surface area contributed by atoms with Crippen LogP contribution in [0.4, 0.5) is 0 Å². The lowest BCUT2D eigenvalue weighted by atomic mass is 10.1. The van der Waals surface area contributed by atoms with E-state index in [0.717, 1.165) is 11.1 Å². The van der Waals surface area contributed by atoms with Crippen molar-refractivity contribution >= 4 is 17.7 Å². The highest BCUT2D eigenvalue weighted by atomic mass is 32.2. The summed E-state index contributed by atoms with van der Waals surface area (Å²) in [5, 5.41) is 0. The number of nitrogens with zero attached hydrogens (tertiary/aromatic N) is 1. The number of carbonyl (C=O) groups is 1. The Bertz CT molecular complexity index is 607. The number of thioether (sulfide) groups is 1. The zero-order valence-corrected chi connectivity index (χ0v) is 13.6. The fourth-order valence-corrected chi connectivity index (χ4v) is 2.61. The Morgan fingerprint density at radius 1 is 1.10 bits per heavy atom. The van der Waals surface area contributed by atoms with Crippen molar-refractivity contribution in [2.45, 2.75) is 24.8 Å². The molecule has 0 aliphatic carbocycles. The number of hydrogen-bond acceptors (Lipinski definition) is 2. The maximum atomic E-state index is 12.3. The van der Waals surface area contributed by atoms with Crippen molar-refractivity contribution in [3.05, 3.63) is 65.2 Å². The zero-order valence-electron chi connectivity index (χ0n) is 12.8. The Labute approximate surface area is 131 Å². The van der Waals surface area contributed by atoms with E-state index in [4.69, 9.17) is 0 Å². The standard InChI is InChI=1S/C18H21NOS/c1-14-6-4-5-7-16(14)12-18(20)19(2)13-15-8-10-17(21-3)11-9-15/h4-11H,12-13H2,1-3H3. The fraction of sp³-hybridized carbons (Fsp3) is 0.278. The molecule has 0 spiro atoms. The third-order valence-electron chi connectivity index (χ3n) is 3.61. The zero-order chi connectivity index (χ0) is 15.2. The lowest BCUT2D eigenvalue weighted by Gasteiger charge is -2.18. The van der Waals surface area contributed by atoms with Crippen molar-refractivity contribution in [1.82, 2.24) is 4.90 Å². The molecule has 0 aliphatic rings. The average Bonchev–Trinajstić information content (AvgIpc) is 2.50. The molecule has 21 heavy (non-hydrogen) atoms. The third kappa shape index (κ3) is 4.36. The van der Waals surface area contributed by atoms with E-state index in [9.17, 15) is 4.79 Å². The van der Waals surface area contributed by atoms with Gasteiger partial charge in [0, 0.05) is 18.5 Å². The second-order valence-corrected chi connectivity index (χ2v) is 6.08. The maximum Gasteiger partial charge on any atom is 0.227 e. The predicted octanol–water partition coefficient (Wildman–Crippen LogP) is 3.92. The molecule has 0 heterocycles. The van der Waals surface area contributed by atoms with Crippen LogP contribution in [0.1, 0.15) is 16.7 Å². The van der Waals surface area contributed by atoms with Crippen LogP contribution < -0.4 is 0 Å². The van der Waals surface area contributed by atoms with Crippen LogP contribution in [0.3, 0.4) is 0 Å². The summed E-state index contributed by atoms with van der Waals surface area (Å²) in [4.78, 5) is 15.3. The molecule has 3 heteroatoms. The van der Waals surface area contributed by atoms with Crippen molar-refractivity contribution in [2.75, 3.05) is 13.3 Å². The van der Waals surface area contributed by atoms with E-state index >= 15 is 0 Å². The van der Waals surface area contributed by atoms with Crippen molar-refractivity contribution in [3.63, 3.8) is 0 Å². The summed E-state index contributed by atoms with van der Waals surface area (Å²) in [6, 6.07) is 16.4. The van der Waals surface area contributed by atoms with E-state index in [0.29, 0.717) is 13.0 Å².